The number of benzene rings is 2. The number of aliphatic hydroxyl groups is 2. The van der Waals surface area contributed by atoms with Gasteiger partial charge in [-0.2, -0.15) is 0 Å². The zero-order valence-corrected chi connectivity index (χ0v) is 24.5. The molecule has 0 aliphatic carbocycles. The minimum absolute atomic E-state index is 0.00222. The number of piperidine rings is 1. The second-order valence-electron chi connectivity index (χ2n) is 10.9. The summed E-state index contributed by atoms with van der Waals surface area (Å²) < 4.78 is 39.8. The summed E-state index contributed by atoms with van der Waals surface area (Å²) in [6, 6.07) is 10.5. The number of carbonyl (C=O) groups excluding carboxylic acids is 2. The lowest BCUT2D eigenvalue weighted by Gasteiger charge is -2.44. The van der Waals surface area contributed by atoms with E-state index < -0.39 is 47.4 Å². The monoisotopic (exact) mass is 635 g/mol. The van der Waals surface area contributed by atoms with Crippen LogP contribution in [0, 0.1) is 11.6 Å². The van der Waals surface area contributed by atoms with Gasteiger partial charge in [0, 0.05) is 25.2 Å². The van der Waals surface area contributed by atoms with Gasteiger partial charge in [0.05, 0.1) is 10.4 Å². The molecule has 3 N–H and O–H groups in total. The molecule has 1 aromatic heterocycles. The smallest absolute Gasteiger partial charge is 0.410 e. The van der Waals surface area contributed by atoms with Crippen molar-refractivity contribution in [3.8, 4) is 11.3 Å². The van der Waals surface area contributed by atoms with E-state index in [1.165, 1.54) is 11.0 Å². The molecule has 0 saturated carbocycles. The molecule has 0 bridgehead atoms. The van der Waals surface area contributed by atoms with E-state index in [-0.39, 0.29) is 37.3 Å². The highest BCUT2D eigenvalue weighted by atomic mass is 79.9. The summed E-state index contributed by atoms with van der Waals surface area (Å²) in [5, 5.41) is 27.9. The number of halogens is 3. The van der Waals surface area contributed by atoms with E-state index in [4.69, 9.17) is 14.4 Å². The summed E-state index contributed by atoms with van der Waals surface area (Å²) in [5.41, 5.74) is -0.553. The van der Waals surface area contributed by atoms with Gasteiger partial charge in [0.1, 0.15) is 23.5 Å². The van der Waals surface area contributed by atoms with E-state index in [1.54, 1.807) is 20.8 Å². The molecule has 0 radical (unpaired) electrons. The number of hydrogen-bond donors (Lipinski definition) is 3. The van der Waals surface area contributed by atoms with E-state index in [0.29, 0.717) is 22.2 Å². The Morgan fingerprint density at radius 3 is 2.63 bits per heavy atom. The van der Waals surface area contributed by atoms with E-state index in [0.717, 1.165) is 17.7 Å². The Morgan fingerprint density at radius 1 is 1.22 bits per heavy atom. The van der Waals surface area contributed by atoms with Crippen LogP contribution in [0.2, 0.25) is 0 Å². The summed E-state index contributed by atoms with van der Waals surface area (Å²) in [5.74, 6) is -3.19. The molecule has 2 atom stereocenters. The first-order chi connectivity index (χ1) is 19.3. The van der Waals surface area contributed by atoms with E-state index >= 15 is 0 Å². The molecule has 41 heavy (non-hydrogen) atoms. The molecule has 2 heterocycles. The average Bonchev–Trinajstić information content (AvgIpc) is 3.30. The van der Waals surface area contributed by atoms with Crippen LogP contribution in [0.5, 0.6) is 0 Å². The topological polar surface area (TPSA) is 125 Å². The Morgan fingerprint density at radius 2 is 1.95 bits per heavy atom. The predicted molar refractivity (Wildman–Crippen MR) is 149 cm³/mol. The lowest BCUT2D eigenvalue weighted by atomic mass is 9.74. The lowest BCUT2D eigenvalue weighted by Crippen LogP contribution is -2.51. The van der Waals surface area contributed by atoms with Crippen LogP contribution in [0.15, 0.2) is 51.5 Å². The van der Waals surface area contributed by atoms with Gasteiger partial charge in [0.25, 0.3) is 0 Å². The van der Waals surface area contributed by atoms with Gasteiger partial charge in [-0.15, -0.1) is 0 Å². The Kier molecular flexibility index (Phi) is 9.15. The number of nitrogens with one attached hydrogen (secondary N) is 1. The van der Waals surface area contributed by atoms with Crippen LogP contribution in [0.25, 0.3) is 11.3 Å². The number of carbonyl (C=O) groups is 2. The first kappa shape index (κ1) is 30.6. The normalized spacial score (nSPS) is 19.2. The number of aliphatic hydroxyl groups excluding tert-OH is 1. The fourth-order valence-electron chi connectivity index (χ4n) is 4.89. The number of ether oxygens (including phenoxy) is 1. The minimum Gasteiger partial charge on any atom is -0.444 e. The summed E-state index contributed by atoms with van der Waals surface area (Å²) in [4.78, 5) is 25.9. The van der Waals surface area contributed by atoms with Crippen LogP contribution in [0.3, 0.4) is 0 Å². The molecule has 12 heteroatoms. The Bertz CT molecular complexity index is 1430. The lowest BCUT2D eigenvalue weighted by molar-refractivity contribution is -0.123. The second kappa shape index (κ2) is 12.3. The number of hydrogen-bond acceptors (Lipinski definition) is 7. The highest BCUT2D eigenvalue weighted by molar-refractivity contribution is 9.10. The first-order valence-corrected chi connectivity index (χ1v) is 13.9. The van der Waals surface area contributed by atoms with Gasteiger partial charge in [0.2, 0.25) is 5.91 Å². The number of nitrogens with zero attached hydrogens (tertiary/aromatic N) is 2. The van der Waals surface area contributed by atoms with Crippen molar-refractivity contribution in [3.63, 3.8) is 0 Å². The molecule has 1 aliphatic rings. The molecular formula is C29H32BrF2N3O6. The number of amides is 2. The van der Waals surface area contributed by atoms with Gasteiger partial charge in [-0.1, -0.05) is 35.5 Å². The fourth-order valence-corrected chi connectivity index (χ4v) is 5.52. The van der Waals surface area contributed by atoms with Crippen molar-refractivity contribution >= 4 is 27.9 Å². The molecule has 1 aliphatic heterocycles. The molecule has 2 aromatic carbocycles. The largest absolute Gasteiger partial charge is 0.444 e. The van der Waals surface area contributed by atoms with Crippen LogP contribution in [-0.2, 0) is 21.6 Å². The van der Waals surface area contributed by atoms with Gasteiger partial charge in [-0.3, -0.25) is 4.79 Å². The van der Waals surface area contributed by atoms with E-state index in [1.807, 2.05) is 24.3 Å². The maximum Gasteiger partial charge on any atom is 0.410 e. The molecule has 4 rings (SSSR count). The van der Waals surface area contributed by atoms with Gasteiger partial charge < -0.3 is 29.7 Å². The van der Waals surface area contributed by atoms with Crippen molar-refractivity contribution in [1.82, 2.24) is 15.4 Å². The van der Waals surface area contributed by atoms with Crippen LogP contribution in [0.1, 0.15) is 49.9 Å². The Balaban J connectivity index is 1.73. The van der Waals surface area contributed by atoms with Crippen molar-refractivity contribution in [2.45, 2.75) is 50.7 Å². The summed E-state index contributed by atoms with van der Waals surface area (Å²) >= 11 is 3.58. The molecule has 0 unspecified atom stereocenters. The highest BCUT2D eigenvalue weighted by Gasteiger charge is 2.48. The van der Waals surface area contributed by atoms with E-state index in [9.17, 15) is 23.5 Å². The number of aromatic nitrogens is 1. The van der Waals surface area contributed by atoms with Gasteiger partial charge in [-0.25, -0.2) is 13.6 Å². The summed E-state index contributed by atoms with van der Waals surface area (Å²) in [7, 11) is 0. The second-order valence-corrected chi connectivity index (χ2v) is 11.7. The maximum absolute atomic E-state index is 14.3. The standard InChI is InChI=1S/C29H32BrF2N3O6/c1-28(2,3)40-27(38)35-13-11-29(39,18-8-9-21(31)22(32)14-18)20(15-35)25-24(30)26(41-34-25)19-7-5-4-6-17(19)10-12-33-23(37)16-36/h4-9,14,20,36,39H,10-13,15-16H2,1-3H3,(H,33,37)/t20-,29+/m1/s1. The van der Waals surface area contributed by atoms with Crippen LogP contribution in [-0.4, -0.2) is 64.1 Å². The molecule has 220 valence electrons. The molecule has 3 aromatic rings. The fraction of sp³-hybridized carbons (Fsp3) is 0.414. The SMILES string of the molecule is CC(C)(C)OC(=O)N1CC[C@](O)(c2ccc(F)c(F)c2)[C@@H](c2noc(-c3ccccc3CCNC(=O)CO)c2Br)C1. The first-order valence-electron chi connectivity index (χ1n) is 13.1. The van der Waals surface area contributed by atoms with Gasteiger partial charge >= 0.3 is 6.09 Å². The molecule has 9 nitrogen and oxygen atoms in total. The minimum atomic E-state index is -1.72. The van der Waals surface area contributed by atoms with Crippen molar-refractivity contribution in [1.29, 1.82) is 0 Å². The third-order valence-corrected chi connectivity index (χ3v) is 7.69. The van der Waals surface area contributed by atoms with Crippen LogP contribution < -0.4 is 5.32 Å². The average molecular weight is 636 g/mol. The zero-order valence-electron chi connectivity index (χ0n) is 22.9. The molecule has 1 fully saturated rings. The van der Waals surface area contributed by atoms with Crippen LogP contribution in [0.4, 0.5) is 13.6 Å². The molecule has 1 saturated heterocycles. The third-order valence-electron chi connectivity index (χ3n) is 6.93. The Hall–Kier alpha value is -3.35. The summed E-state index contributed by atoms with van der Waals surface area (Å²) in [6.07, 6.45) is -0.151. The zero-order chi connectivity index (χ0) is 29.9. The van der Waals surface area contributed by atoms with Crippen molar-refractivity contribution in [2.24, 2.45) is 0 Å². The van der Waals surface area contributed by atoms with Crippen LogP contribution >= 0.6 is 15.9 Å². The molecule has 0 spiro atoms. The van der Waals surface area contributed by atoms with Gasteiger partial charge in [-0.05, 0) is 72.8 Å². The maximum atomic E-state index is 14.3. The van der Waals surface area contributed by atoms with E-state index in [2.05, 4.69) is 26.4 Å². The number of likely N-dealkylation sites (tertiary alicyclic amines) is 1. The summed E-state index contributed by atoms with van der Waals surface area (Å²) in [6.45, 7) is 4.97. The highest BCUT2D eigenvalue weighted by Crippen LogP contribution is 2.47. The van der Waals surface area contributed by atoms with Crippen molar-refractivity contribution in [2.75, 3.05) is 26.2 Å². The molecule has 2 amide bonds. The Labute approximate surface area is 244 Å². The molecular weight excluding hydrogens is 604 g/mol. The van der Waals surface area contributed by atoms with Gasteiger partial charge in [0.15, 0.2) is 17.4 Å². The predicted octanol–water partition coefficient (Wildman–Crippen LogP) is 4.65. The third kappa shape index (κ3) is 6.77. The van der Waals surface area contributed by atoms with Crippen molar-refractivity contribution < 1.29 is 37.8 Å². The number of rotatable bonds is 7. The van der Waals surface area contributed by atoms with Crippen molar-refractivity contribution in [3.05, 3.63) is 75.4 Å². The quantitative estimate of drug-likeness (QED) is 0.345.